The van der Waals surface area contributed by atoms with E-state index in [0.29, 0.717) is 41.2 Å². The Bertz CT molecular complexity index is 1460. The van der Waals surface area contributed by atoms with Crippen molar-refractivity contribution in [3.05, 3.63) is 69.4 Å². The number of aliphatic hydroxyl groups excluding tert-OH is 1. The largest absolute Gasteiger partial charge is 0.396 e. The van der Waals surface area contributed by atoms with Gasteiger partial charge in [0.2, 0.25) is 0 Å². The summed E-state index contributed by atoms with van der Waals surface area (Å²) in [4.78, 5) is 28.7. The number of rotatable bonds is 8. The predicted molar refractivity (Wildman–Crippen MR) is 152 cm³/mol. The van der Waals surface area contributed by atoms with Gasteiger partial charge in [0.1, 0.15) is 5.82 Å². The Hall–Kier alpha value is -3.07. The SMILES string of the molecule is Cc1c(F)cc(C(=O)NC2CC2)cc1-c1ccc2c(=O)n(CC(C)(C)CO)cc(CN3CCNCC3C)c2c1. The zero-order valence-electron chi connectivity index (χ0n) is 23.3. The Kier molecular flexibility index (Phi) is 7.64. The van der Waals surface area contributed by atoms with Crippen LogP contribution in [0.3, 0.4) is 0 Å². The maximum absolute atomic E-state index is 15.0. The Morgan fingerprint density at radius 3 is 2.67 bits per heavy atom. The number of nitrogens with zero attached hydrogens (tertiary/aromatic N) is 2. The average molecular weight is 535 g/mol. The van der Waals surface area contributed by atoms with Crippen LogP contribution in [0, 0.1) is 18.2 Å². The number of piperazine rings is 1. The lowest BCUT2D eigenvalue weighted by Crippen LogP contribution is -2.49. The van der Waals surface area contributed by atoms with E-state index in [1.54, 1.807) is 17.6 Å². The molecule has 39 heavy (non-hydrogen) atoms. The monoisotopic (exact) mass is 534 g/mol. The third-order valence-electron chi connectivity index (χ3n) is 8.04. The predicted octanol–water partition coefficient (Wildman–Crippen LogP) is 3.82. The van der Waals surface area contributed by atoms with Crippen molar-refractivity contribution in [2.24, 2.45) is 5.41 Å². The lowest BCUT2D eigenvalue weighted by molar-refractivity contribution is 0.0950. The first-order valence-electron chi connectivity index (χ1n) is 13.9. The van der Waals surface area contributed by atoms with Crippen molar-refractivity contribution >= 4 is 16.7 Å². The average Bonchev–Trinajstić information content (AvgIpc) is 3.73. The zero-order valence-corrected chi connectivity index (χ0v) is 23.3. The molecule has 3 aromatic rings. The minimum Gasteiger partial charge on any atom is -0.396 e. The lowest BCUT2D eigenvalue weighted by Gasteiger charge is -2.34. The molecule has 2 fully saturated rings. The molecular formula is C31H39FN4O3. The number of pyridine rings is 1. The highest BCUT2D eigenvalue weighted by atomic mass is 19.1. The molecule has 1 atom stereocenters. The van der Waals surface area contributed by atoms with Crippen LogP contribution in [-0.4, -0.2) is 58.8 Å². The van der Waals surface area contributed by atoms with E-state index in [4.69, 9.17) is 0 Å². The van der Waals surface area contributed by atoms with Gasteiger partial charge in [-0.3, -0.25) is 14.5 Å². The van der Waals surface area contributed by atoms with Gasteiger partial charge in [0.25, 0.3) is 11.5 Å². The van der Waals surface area contributed by atoms with E-state index in [2.05, 4.69) is 22.5 Å². The quantitative estimate of drug-likeness (QED) is 0.409. The van der Waals surface area contributed by atoms with Crippen molar-refractivity contribution < 1.29 is 14.3 Å². The molecule has 1 amide bonds. The summed E-state index contributed by atoms with van der Waals surface area (Å²) in [5, 5.41) is 17.6. The summed E-state index contributed by atoms with van der Waals surface area (Å²) in [6.07, 6.45) is 3.84. The third-order valence-corrected chi connectivity index (χ3v) is 8.04. The fourth-order valence-electron chi connectivity index (χ4n) is 5.33. The van der Waals surface area contributed by atoms with Gasteiger partial charge >= 0.3 is 0 Å². The normalized spacial score (nSPS) is 18.5. The van der Waals surface area contributed by atoms with Crippen LogP contribution in [0.4, 0.5) is 4.39 Å². The number of aliphatic hydroxyl groups is 1. The van der Waals surface area contributed by atoms with Crippen LogP contribution in [0.25, 0.3) is 21.9 Å². The van der Waals surface area contributed by atoms with Crippen molar-refractivity contribution in [1.82, 2.24) is 20.1 Å². The topological polar surface area (TPSA) is 86.6 Å². The molecule has 1 aliphatic carbocycles. The van der Waals surface area contributed by atoms with Gasteiger partial charge in [0.15, 0.2) is 0 Å². The standard InChI is InChI=1S/C31H39FN4O3/c1-19-14-33-9-10-35(19)15-23-16-36(17-31(3,4)18-37)30(39)25-8-5-21(11-27(23)25)26-12-22(13-28(32)20(26)2)29(38)34-24-6-7-24/h5,8,11-13,16,19,24,33,37H,6-7,9-10,14-15,17-18H2,1-4H3,(H,34,38). The van der Waals surface area contributed by atoms with Gasteiger partial charge in [-0.1, -0.05) is 19.9 Å². The first-order valence-corrected chi connectivity index (χ1v) is 13.9. The van der Waals surface area contributed by atoms with E-state index in [-0.39, 0.29) is 24.1 Å². The smallest absolute Gasteiger partial charge is 0.258 e. The summed E-state index contributed by atoms with van der Waals surface area (Å²) in [6.45, 7) is 11.5. The second kappa shape index (κ2) is 10.8. The van der Waals surface area contributed by atoms with Crippen molar-refractivity contribution in [1.29, 1.82) is 0 Å². The summed E-state index contributed by atoms with van der Waals surface area (Å²) >= 11 is 0. The first kappa shape index (κ1) is 27.5. The minimum absolute atomic E-state index is 0.0317. The van der Waals surface area contributed by atoms with Gasteiger partial charge in [-0.05, 0) is 78.6 Å². The second-order valence-corrected chi connectivity index (χ2v) is 12.1. The van der Waals surface area contributed by atoms with Gasteiger partial charge in [-0.2, -0.15) is 0 Å². The van der Waals surface area contributed by atoms with E-state index in [1.807, 2.05) is 38.2 Å². The molecule has 2 heterocycles. The van der Waals surface area contributed by atoms with Crippen LogP contribution in [0.5, 0.6) is 0 Å². The molecule has 5 rings (SSSR count). The molecule has 8 heteroatoms. The fourth-order valence-corrected chi connectivity index (χ4v) is 5.33. The van der Waals surface area contributed by atoms with Crippen LogP contribution in [0.1, 0.15) is 55.1 Å². The highest BCUT2D eigenvalue weighted by Gasteiger charge is 2.26. The minimum atomic E-state index is -0.451. The fraction of sp³-hybridized carbons (Fsp3) is 0.484. The van der Waals surface area contributed by atoms with Gasteiger partial charge in [0.05, 0.1) is 0 Å². The van der Waals surface area contributed by atoms with Crippen LogP contribution in [0.15, 0.2) is 41.3 Å². The van der Waals surface area contributed by atoms with Gasteiger partial charge in [-0.25, -0.2) is 4.39 Å². The van der Waals surface area contributed by atoms with Crippen LogP contribution in [0.2, 0.25) is 0 Å². The maximum atomic E-state index is 15.0. The number of carbonyl (C=O) groups excluding carboxylic acids is 1. The number of hydrogen-bond acceptors (Lipinski definition) is 5. The van der Waals surface area contributed by atoms with Crippen LogP contribution < -0.4 is 16.2 Å². The number of halogens is 1. The first-order chi connectivity index (χ1) is 18.6. The molecule has 7 nitrogen and oxygen atoms in total. The van der Waals surface area contributed by atoms with Crippen molar-refractivity contribution in [2.75, 3.05) is 26.2 Å². The molecule has 0 bridgehead atoms. The van der Waals surface area contributed by atoms with Crippen molar-refractivity contribution in [3.63, 3.8) is 0 Å². The highest BCUT2D eigenvalue weighted by molar-refractivity contribution is 5.97. The molecular weight excluding hydrogens is 495 g/mol. The van der Waals surface area contributed by atoms with Crippen LogP contribution in [-0.2, 0) is 13.1 Å². The zero-order chi connectivity index (χ0) is 27.9. The van der Waals surface area contributed by atoms with E-state index >= 15 is 4.39 Å². The Labute approximate surface area is 229 Å². The molecule has 0 spiro atoms. The Morgan fingerprint density at radius 1 is 1.21 bits per heavy atom. The summed E-state index contributed by atoms with van der Waals surface area (Å²) in [5.41, 5.74) is 2.62. The number of aromatic nitrogens is 1. The number of hydrogen-bond donors (Lipinski definition) is 3. The number of nitrogens with one attached hydrogen (secondary N) is 2. The molecule has 1 aromatic heterocycles. The van der Waals surface area contributed by atoms with Crippen molar-refractivity contribution in [2.45, 2.75) is 65.7 Å². The van der Waals surface area contributed by atoms with Crippen molar-refractivity contribution in [3.8, 4) is 11.1 Å². The van der Waals surface area contributed by atoms with E-state index < -0.39 is 11.2 Å². The maximum Gasteiger partial charge on any atom is 0.258 e. The van der Waals surface area contributed by atoms with E-state index in [1.165, 1.54) is 6.07 Å². The molecule has 0 radical (unpaired) electrons. The number of benzene rings is 2. The molecule has 208 valence electrons. The number of amides is 1. The Balaban J connectivity index is 1.62. The molecule has 1 aliphatic heterocycles. The molecule has 2 aromatic carbocycles. The summed E-state index contributed by atoms with van der Waals surface area (Å²) in [7, 11) is 0. The lowest BCUT2D eigenvalue weighted by atomic mass is 9.93. The van der Waals surface area contributed by atoms with Crippen LogP contribution >= 0.6 is 0 Å². The number of carbonyl (C=O) groups is 1. The molecule has 1 saturated carbocycles. The summed E-state index contributed by atoms with van der Waals surface area (Å²) in [6, 6.07) is 9.19. The van der Waals surface area contributed by atoms with Gasteiger partial charge in [0, 0.05) is 74.0 Å². The molecule has 1 unspecified atom stereocenters. The summed E-state index contributed by atoms with van der Waals surface area (Å²) in [5.74, 6) is -0.689. The van der Waals surface area contributed by atoms with Gasteiger partial charge in [-0.15, -0.1) is 0 Å². The molecule has 2 aliphatic rings. The number of fused-ring (bicyclic) bond motifs is 1. The molecule has 1 saturated heterocycles. The second-order valence-electron chi connectivity index (χ2n) is 12.1. The van der Waals surface area contributed by atoms with E-state index in [0.717, 1.165) is 49.0 Å². The highest BCUT2D eigenvalue weighted by Crippen LogP contribution is 2.31. The Morgan fingerprint density at radius 2 is 1.97 bits per heavy atom. The summed E-state index contributed by atoms with van der Waals surface area (Å²) < 4.78 is 16.7. The third kappa shape index (κ3) is 5.93. The van der Waals surface area contributed by atoms with E-state index in [9.17, 15) is 14.7 Å². The van der Waals surface area contributed by atoms with Gasteiger partial charge < -0.3 is 20.3 Å². The molecule has 3 N–H and O–H groups in total.